The van der Waals surface area contributed by atoms with Crippen molar-refractivity contribution in [2.75, 3.05) is 0 Å². The minimum atomic E-state index is 0.782. The quantitative estimate of drug-likeness (QED) is 0.245. The maximum absolute atomic E-state index is 2.45. The van der Waals surface area contributed by atoms with E-state index in [1.54, 1.807) is 0 Å². The molecule has 0 unspecified atom stereocenters. The third kappa shape index (κ3) is 14.0. The average Bonchev–Trinajstić information content (AvgIpc) is 2.40. The Morgan fingerprint density at radius 1 is 0.737 bits per heavy atom. The van der Waals surface area contributed by atoms with E-state index < -0.39 is 0 Å². The third-order valence-electron chi connectivity index (χ3n) is 4.10. The standard InChI is InChI=1S/C19H38/c1-5-7-9-10-11-12-15-19(4)17-13-16-18(3)14-8-6-2/h12,15,18-19H,5-11,13-14,16-17H2,1-4H3/t18-,19-/m1/s1. The normalized spacial score (nSPS) is 14.9. The van der Waals surface area contributed by atoms with Crippen molar-refractivity contribution in [1.82, 2.24) is 0 Å². The maximum atomic E-state index is 2.45. The van der Waals surface area contributed by atoms with Gasteiger partial charge >= 0.3 is 0 Å². The van der Waals surface area contributed by atoms with Crippen molar-refractivity contribution in [3.8, 4) is 0 Å². The van der Waals surface area contributed by atoms with Crippen molar-refractivity contribution in [1.29, 1.82) is 0 Å². The van der Waals surface area contributed by atoms with Crippen LogP contribution in [-0.4, -0.2) is 0 Å². The van der Waals surface area contributed by atoms with Crippen molar-refractivity contribution in [2.24, 2.45) is 11.8 Å². The van der Waals surface area contributed by atoms with E-state index >= 15 is 0 Å². The summed E-state index contributed by atoms with van der Waals surface area (Å²) >= 11 is 0. The Bertz CT molecular complexity index is 192. The second-order valence-corrected chi connectivity index (χ2v) is 6.43. The molecule has 0 aliphatic rings. The Hall–Kier alpha value is -0.260. The molecular weight excluding hydrogens is 228 g/mol. The molecule has 0 aliphatic heterocycles. The Balaban J connectivity index is 3.42. The molecule has 0 heteroatoms. The number of unbranched alkanes of at least 4 members (excludes halogenated alkanes) is 5. The molecule has 0 nitrogen and oxygen atoms in total. The molecule has 0 saturated carbocycles. The van der Waals surface area contributed by atoms with Crippen LogP contribution in [0.25, 0.3) is 0 Å². The first kappa shape index (κ1) is 18.7. The summed E-state index contributed by atoms with van der Waals surface area (Å²) in [6.45, 7) is 9.36. The number of hydrogen-bond acceptors (Lipinski definition) is 0. The molecule has 0 aliphatic carbocycles. The van der Waals surface area contributed by atoms with Crippen LogP contribution in [-0.2, 0) is 0 Å². The van der Waals surface area contributed by atoms with E-state index in [2.05, 4.69) is 39.8 Å². The van der Waals surface area contributed by atoms with Crippen LogP contribution in [0.5, 0.6) is 0 Å². The van der Waals surface area contributed by atoms with Gasteiger partial charge in [0.15, 0.2) is 0 Å². The molecule has 0 bridgehead atoms. The molecular formula is C19H38. The van der Waals surface area contributed by atoms with E-state index in [1.165, 1.54) is 70.6 Å². The summed E-state index contributed by atoms with van der Waals surface area (Å²) in [5.74, 6) is 1.72. The Morgan fingerprint density at radius 3 is 2.11 bits per heavy atom. The predicted molar refractivity (Wildman–Crippen MR) is 89.6 cm³/mol. The molecule has 0 aromatic carbocycles. The van der Waals surface area contributed by atoms with Gasteiger partial charge in [-0.3, -0.25) is 0 Å². The molecule has 0 amide bonds. The SMILES string of the molecule is CCCCCCC=C[C@@H](C)CCC[C@H](C)CCCC. The first-order valence-corrected chi connectivity index (χ1v) is 8.87. The van der Waals surface area contributed by atoms with E-state index in [1.807, 2.05) is 0 Å². The van der Waals surface area contributed by atoms with E-state index in [0.29, 0.717) is 0 Å². The van der Waals surface area contributed by atoms with Crippen molar-refractivity contribution >= 4 is 0 Å². The molecule has 114 valence electrons. The minimum absolute atomic E-state index is 0.782. The lowest BCUT2D eigenvalue weighted by Gasteiger charge is -2.11. The van der Waals surface area contributed by atoms with E-state index in [0.717, 1.165) is 11.8 Å². The lowest BCUT2D eigenvalue weighted by molar-refractivity contribution is 0.434. The fourth-order valence-corrected chi connectivity index (χ4v) is 2.60. The summed E-state index contributed by atoms with van der Waals surface area (Å²) in [6.07, 6.45) is 20.1. The van der Waals surface area contributed by atoms with Gasteiger partial charge in [0.1, 0.15) is 0 Å². The zero-order valence-electron chi connectivity index (χ0n) is 14.1. The van der Waals surface area contributed by atoms with Gasteiger partial charge in [-0.15, -0.1) is 0 Å². The van der Waals surface area contributed by atoms with Crippen LogP contribution in [0.15, 0.2) is 12.2 Å². The predicted octanol–water partition coefficient (Wildman–Crippen LogP) is 7.15. The van der Waals surface area contributed by atoms with Gasteiger partial charge in [0.05, 0.1) is 0 Å². The summed E-state index contributed by atoms with van der Waals surface area (Å²) in [5, 5.41) is 0. The second-order valence-electron chi connectivity index (χ2n) is 6.43. The molecule has 0 aromatic heterocycles. The second kappa shape index (κ2) is 14.2. The van der Waals surface area contributed by atoms with Gasteiger partial charge < -0.3 is 0 Å². The van der Waals surface area contributed by atoms with Gasteiger partial charge in [0.25, 0.3) is 0 Å². The highest BCUT2D eigenvalue weighted by molar-refractivity contribution is 4.86. The van der Waals surface area contributed by atoms with Crippen molar-refractivity contribution in [3.63, 3.8) is 0 Å². The molecule has 0 radical (unpaired) electrons. The van der Waals surface area contributed by atoms with Crippen LogP contribution in [0.3, 0.4) is 0 Å². The minimum Gasteiger partial charge on any atom is -0.0883 e. The summed E-state index contributed by atoms with van der Waals surface area (Å²) in [6, 6.07) is 0. The maximum Gasteiger partial charge on any atom is -0.0262 e. The van der Waals surface area contributed by atoms with Gasteiger partial charge in [-0.2, -0.15) is 0 Å². The molecule has 0 rings (SSSR count). The molecule has 0 N–H and O–H groups in total. The third-order valence-corrected chi connectivity index (χ3v) is 4.10. The van der Waals surface area contributed by atoms with Crippen molar-refractivity contribution < 1.29 is 0 Å². The zero-order chi connectivity index (χ0) is 14.3. The van der Waals surface area contributed by atoms with E-state index in [-0.39, 0.29) is 0 Å². The van der Waals surface area contributed by atoms with Crippen LogP contribution >= 0.6 is 0 Å². The molecule has 0 aromatic rings. The first-order valence-electron chi connectivity index (χ1n) is 8.87. The highest BCUT2D eigenvalue weighted by Gasteiger charge is 2.03. The monoisotopic (exact) mass is 266 g/mol. The van der Waals surface area contributed by atoms with Crippen molar-refractivity contribution in [3.05, 3.63) is 12.2 Å². The zero-order valence-corrected chi connectivity index (χ0v) is 14.1. The topological polar surface area (TPSA) is 0 Å². The average molecular weight is 267 g/mol. The van der Waals surface area contributed by atoms with Gasteiger partial charge in [0.2, 0.25) is 0 Å². The Labute approximate surface area is 123 Å². The van der Waals surface area contributed by atoms with Crippen LogP contribution in [0.4, 0.5) is 0 Å². The Kier molecular flexibility index (Phi) is 14.0. The summed E-state index contributed by atoms with van der Waals surface area (Å²) in [4.78, 5) is 0. The van der Waals surface area contributed by atoms with Gasteiger partial charge in [-0.25, -0.2) is 0 Å². The highest BCUT2D eigenvalue weighted by Crippen LogP contribution is 2.18. The molecule has 19 heavy (non-hydrogen) atoms. The van der Waals surface area contributed by atoms with E-state index in [9.17, 15) is 0 Å². The summed E-state index contributed by atoms with van der Waals surface area (Å²) in [5.41, 5.74) is 0. The Morgan fingerprint density at radius 2 is 1.42 bits per heavy atom. The van der Waals surface area contributed by atoms with Crippen molar-refractivity contribution in [2.45, 2.75) is 98.3 Å². The fourth-order valence-electron chi connectivity index (χ4n) is 2.60. The van der Waals surface area contributed by atoms with Crippen LogP contribution in [0.1, 0.15) is 98.3 Å². The number of rotatable bonds is 13. The first-order chi connectivity index (χ1) is 9.20. The van der Waals surface area contributed by atoms with Gasteiger partial charge in [-0.05, 0) is 31.1 Å². The van der Waals surface area contributed by atoms with Crippen LogP contribution in [0, 0.1) is 11.8 Å². The molecule has 0 fully saturated rings. The number of hydrogen-bond donors (Lipinski definition) is 0. The summed E-state index contributed by atoms with van der Waals surface area (Å²) in [7, 11) is 0. The fraction of sp³-hybridized carbons (Fsp3) is 0.895. The van der Waals surface area contributed by atoms with Gasteiger partial charge in [0, 0.05) is 0 Å². The van der Waals surface area contributed by atoms with Crippen LogP contribution in [0.2, 0.25) is 0 Å². The van der Waals surface area contributed by atoms with Crippen LogP contribution < -0.4 is 0 Å². The highest BCUT2D eigenvalue weighted by atomic mass is 14.1. The smallest absolute Gasteiger partial charge is 0.0262 e. The lowest BCUT2D eigenvalue weighted by Crippen LogP contribution is -1.97. The summed E-state index contributed by atoms with van der Waals surface area (Å²) < 4.78 is 0. The van der Waals surface area contributed by atoms with E-state index in [4.69, 9.17) is 0 Å². The molecule has 0 spiro atoms. The molecule has 0 heterocycles. The largest absolute Gasteiger partial charge is 0.0883 e. The number of allylic oxidation sites excluding steroid dienone is 2. The lowest BCUT2D eigenvalue weighted by atomic mass is 9.95. The van der Waals surface area contributed by atoms with Gasteiger partial charge in [-0.1, -0.05) is 91.2 Å². The molecule has 0 saturated heterocycles. The molecule has 2 atom stereocenters.